The molecule has 33 heavy (non-hydrogen) atoms. The fourth-order valence-electron chi connectivity index (χ4n) is 3.70. The number of anilines is 1. The lowest BCUT2D eigenvalue weighted by Crippen LogP contribution is -2.37. The van der Waals surface area contributed by atoms with Gasteiger partial charge in [-0.25, -0.2) is 18.4 Å². The maximum Gasteiger partial charge on any atom is 0.289 e. The van der Waals surface area contributed by atoms with Crippen molar-refractivity contribution in [3.63, 3.8) is 0 Å². The van der Waals surface area contributed by atoms with Gasteiger partial charge in [-0.2, -0.15) is 4.31 Å². The Hall–Kier alpha value is -3.08. The van der Waals surface area contributed by atoms with Crippen molar-refractivity contribution in [3.05, 3.63) is 74.9 Å². The highest BCUT2D eigenvalue weighted by molar-refractivity contribution is 7.89. The van der Waals surface area contributed by atoms with Crippen molar-refractivity contribution in [3.8, 4) is 11.4 Å². The number of hydrogen-bond acceptors (Lipinski definition) is 7. The second-order valence-corrected chi connectivity index (χ2v) is 9.98. The van der Waals surface area contributed by atoms with Gasteiger partial charge in [0.25, 0.3) is 5.69 Å². The Kier molecular flexibility index (Phi) is 6.33. The number of sulfonamides is 1. The van der Waals surface area contributed by atoms with E-state index in [1.165, 1.54) is 16.4 Å². The quantitative estimate of drug-likeness (QED) is 0.383. The number of halogens is 1. The average molecular weight is 488 g/mol. The molecule has 4 rings (SSSR count). The molecule has 0 saturated heterocycles. The molecule has 0 bridgehead atoms. The maximum atomic E-state index is 13.3. The van der Waals surface area contributed by atoms with Gasteiger partial charge in [-0.15, -0.1) is 0 Å². The number of nitrogens with zero attached hydrogens (tertiary/aromatic N) is 5. The van der Waals surface area contributed by atoms with E-state index in [0.29, 0.717) is 24.6 Å². The van der Waals surface area contributed by atoms with Crippen LogP contribution in [-0.4, -0.2) is 47.8 Å². The Labute approximate surface area is 196 Å². The largest absolute Gasteiger partial charge is 0.360 e. The first-order chi connectivity index (χ1) is 15.7. The molecule has 1 aliphatic rings. The average Bonchev–Trinajstić information content (AvgIpc) is 2.83. The molecule has 2 aromatic carbocycles. The maximum absolute atomic E-state index is 13.3. The summed E-state index contributed by atoms with van der Waals surface area (Å²) in [6.07, 6.45) is 0.400. The van der Waals surface area contributed by atoms with Crippen molar-refractivity contribution in [2.75, 3.05) is 25.0 Å². The zero-order valence-electron chi connectivity index (χ0n) is 18.1. The summed E-state index contributed by atoms with van der Waals surface area (Å²) >= 11 is 5.86. The summed E-state index contributed by atoms with van der Waals surface area (Å²) < 4.78 is 28.0. The third-order valence-corrected chi connectivity index (χ3v) is 7.78. The summed E-state index contributed by atoms with van der Waals surface area (Å²) in [5.41, 5.74) is 1.97. The molecule has 0 aliphatic carbocycles. The van der Waals surface area contributed by atoms with E-state index in [9.17, 15) is 18.5 Å². The molecule has 0 amide bonds. The van der Waals surface area contributed by atoms with Crippen LogP contribution in [0.1, 0.15) is 18.2 Å². The van der Waals surface area contributed by atoms with Crippen molar-refractivity contribution in [2.45, 2.75) is 24.8 Å². The molecule has 1 aliphatic heterocycles. The predicted octanol–water partition coefficient (Wildman–Crippen LogP) is 3.91. The summed E-state index contributed by atoms with van der Waals surface area (Å²) in [7, 11) is -2.10. The van der Waals surface area contributed by atoms with E-state index in [-0.39, 0.29) is 23.0 Å². The van der Waals surface area contributed by atoms with Crippen LogP contribution in [0.4, 0.5) is 11.5 Å². The van der Waals surface area contributed by atoms with Gasteiger partial charge in [0.15, 0.2) is 5.82 Å². The van der Waals surface area contributed by atoms with Crippen LogP contribution >= 0.6 is 11.6 Å². The third-order valence-electron chi connectivity index (χ3n) is 5.62. The van der Waals surface area contributed by atoms with Gasteiger partial charge < -0.3 is 4.90 Å². The molecule has 0 unspecified atom stereocenters. The molecule has 1 aromatic heterocycles. The van der Waals surface area contributed by atoms with Crippen LogP contribution in [0.5, 0.6) is 0 Å². The van der Waals surface area contributed by atoms with Crippen LogP contribution in [-0.2, 0) is 23.0 Å². The van der Waals surface area contributed by atoms with E-state index < -0.39 is 20.6 Å². The third kappa shape index (κ3) is 4.41. The fourth-order valence-corrected chi connectivity index (χ4v) is 5.32. The van der Waals surface area contributed by atoms with E-state index >= 15 is 0 Å². The van der Waals surface area contributed by atoms with Gasteiger partial charge in [-0.1, -0.05) is 41.9 Å². The first-order valence-electron chi connectivity index (χ1n) is 10.3. The number of nitro groups is 1. The van der Waals surface area contributed by atoms with Gasteiger partial charge in [-0.05, 0) is 19.1 Å². The van der Waals surface area contributed by atoms with E-state index in [1.54, 1.807) is 0 Å². The van der Waals surface area contributed by atoms with Gasteiger partial charge in [0.05, 0.1) is 15.5 Å². The lowest BCUT2D eigenvalue weighted by Gasteiger charge is -2.31. The summed E-state index contributed by atoms with van der Waals surface area (Å²) in [6.45, 7) is 2.93. The van der Waals surface area contributed by atoms with Crippen LogP contribution in [0.25, 0.3) is 11.4 Å². The number of benzene rings is 2. The summed E-state index contributed by atoms with van der Waals surface area (Å²) in [6, 6.07) is 13.1. The van der Waals surface area contributed by atoms with Gasteiger partial charge >= 0.3 is 0 Å². The Morgan fingerprint density at radius 3 is 2.58 bits per heavy atom. The molecule has 0 N–H and O–H groups in total. The molecule has 11 heteroatoms. The van der Waals surface area contributed by atoms with Crippen LogP contribution < -0.4 is 4.90 Å². The molecule has 0 radical (unpaired) electrons. The minimum atomic E-state index is -3.99. The second kappa shape index (κ2) is 9.05. The van der Waals surface area contributed by atoms with Gasteiger partial charge in [0.2, 0.25) is 10.0 Å². The van der Waals surface area contributed by atoms with Crippen LogP contribution in [0, 0.1) is 10.1 Å². The lowest BCUT2D eigenvalue weighted by molar-refractivity contribution is -0.384. The Bertz CT molecular complexity index is 1320. The van der Waals surface area contributed by atoms with E-state index in [1.807, 2.05) is 49.2 Å². The van der Waals surface area contributed by atoms with E-state index in [2.05, 4.69) is 0 Å². The standard InChI is InChI=1S/C22H22ClN5O4S/c1-3-26(2)22-17-14-27(33(31,32)16-9-10-18(23)20(13-16)28(29)30)12-11-19(17)24-21(25-22)15-7-5-4-6-8-15/h4-10,13H,3,11-12,14H2,1-2H3. The normalized spacial score (nSPS) is 14.0. The second-order valence-electron chi connectivity index (χ2n) is 7.64. The zero-order chi connectivity index (χ0) is 23.8. The zero-order valence-corrected chi connectivity index (χ0v) is 19.7. The molecule has 0 saturated carbocycles. The van der Waals surface area contributed by atoms with Crippen LogP contribution in [0.3, 0.4) is 0 Å². The Morgan fingerprint density at radius 2 is 1.91 bits per heavy atom. The number of aromatic nitrogens is 2. The molecule has 0 fully saturated rings. The molecule has 3 aromatic rings. The lowest BCUT2D eigenvalue weighted by atomic mass is 10.1. The molecule has 9 nitrogen and oxygen atoms in total. The van der Waals surface area contributed by atoms with Crippen molar-refractivity contribution in [1.82, 2.24) is 14.3 Å². The van der Waals surface area contributed by atoms with Crippen LogP contribution in [0.2, 0.25) is 5.02 Å². The van der Waals surface area contributed by atoms with Crippen molar-refractivity contribution >= 4 is 33.1 Å². The van der Waals surface area contributed by atoms with Crippen molar-refractivity contribution < 1.29 is 13.3 Å². The smallest absolute Gasteiger partial charge is 0.289 e. The van der Waals surface area contributed by atoms with Crippen LogP contribution in [0.15, 0.2) is 53.4 Å². The summed E-state index contributed by atoms with van der Waals surface area (Å²) in [4.78, 5) is 21.8. The number of nitro benzene ring substituents is 1. The SMILES string of the molecule is CCN(C)c1nc(-c2ccccc2)nc2c1CN(S(=O)(=O)c1ccc(Cl)c([N+](=O)[O-])c1)CC2. The number of hydrogen-bond donors (Lipinski definition) is 0. The topological polar surface area (TPSA) is 110 Å². The highest BCUT2D eigenvalue weighted by Crippen LogP contribution is 2.33. The van der Waals surface area contributed by atoms with E-state index in [0.717, 1.165) is 22.9 Å². The number of fused-ring (bicyclic) bond motifs is 1. The Balaban J connectivity index is 1.75. The van der Waals surface area contributed by atoms with Gasteiger partial charge in [0.1, 0.15) is 10.8 Å². The minimum Gasteiger partial charge on any atom is -0.360 e. The molecular weight excluding hydrogens is 466 g/mol. The van der Waals surface area contributed by atoms with Crippen molar-refractivity contribution in [2.24, 2.45) is 0 Å². The fraction of sp³-hybridized carbons (Fsp3) is 0.273. The van der Waals surface area contributed by atoms with E-state index in [4.69, 9.17) is 21.6 Å². The highest BCUT2D eigenvalue weighted by Gasteiger charge is 2.33. The molecule has 0 atom stereocenters. The molecule has 172 valence electrons. The van der Waals surface area contributed by atoms with Crippen molar-refractivity contribution in [1.29, 1.82) is 0 Å². The molecule has 0 spiro atoms. The van der Waals surface area contributed by atoms with Gasteiger partial charge in [-0.3, -0.25) is 10.1 Å². The predicted molar refractivity (Wildman–Crippen MR) is 126 cm³/mol. The Morgan fingerprint density at radius 1 is 1.18 bits per heavy atom. The molecular formula is C22H22ClN5O4S. The monoisotopic (exact) mass is 487 g/mol. The minimum absolute atomic E-state index is 0.0723. The first-order valence-corrected chi connectivity index (χ1v) is 12.1. The first kappa shape index (κ1) is 23.1. The van der Waals surface area contributed by atoms with Gasteiger partial charge in [0, 0.05) is 50.3 Å². The number of rotatable bonds is 6. The summed E-state index contributed by atoms with van der Waals surface area (Å²) in [5.74, 6) is 1.26. The molecule has 2 heterocycles. The highest BCUT2D eigenvalue weighted by atomic mass is 35.5. The summed E-state index contributed by atoms with van der Waals surface area (Å²) in [5, 5.41) is 11.1.